The van der Waals surface area contributed by atoms with Crippen LogP contribution in [0.3, 0.4) is 0 Å². The topological polar surface area (TPSA) is 106 Å². The van der Waals surface area contributed by atoms with Crippen molar-refractivity contribution in [2.24, 2.45) is 7.05 Å². The second-order valence-electron chi connectivity index (χ2n) is 10.5. The van der Waals surface area contributed by atoms with Gasteiger partial charge in [-0.15, -0.1) is 0 Å². The zero-order valence-corrected chi connectivity index (χ0v) is 22.1. The van der Waals surface area contributed by atoms with Crippen LogP contribution in [0.4, 0.5) is 10.5 Å². The van der Waals surface area contributed by atoms with Crippen LogP contribution in [0.15, 0.2) is 36.7 Å². The van der Waals surface area contributed by atoms with Gasteiger partial charge in [0.05, 0.1) is 35.2 Å². The van der Waals surface area contributed by atoms with E-state index in [0.29, 0.717) is 30.4 Å². The Hall–Kier alpha value is -3.92. The normalized spacial score (nSPS) is 19.9. The van der Waals surface area contributed by atoms with E-state index in [-0.39, 0.29) is 18.9 Å². The maximum absolute atomic E-state index is 11.7. The summed E-state index contributed by atoms with van der Waals surface area (Å²) in [5.41, 5.74) is 5.48. The molecule has 1 saturated carbocycles. The van der Waals surface area contributed by atoms with E-state index < -0.39 is 6.09 Å². The van der Waals surface area contributed by atoms with Crippen molar-refractivity contribution in [3.8, 4) is 17.0 Å². The summed E-state index contributed by atoms with van der Waals surface area (Å²) >= 11 is 0. The molecule has 0 spiro atoms. The lowest BCUT2D eigenvalue weighted by atomic mass is 10.0. The quantitative estimate of drug-likeness (QED) is 0.370. The minimum absolute atomic E-state index is 0.108. The van der Waals surface area contributed by atoms with Gasteiger partial charge in [0.25, 0.3) is 0 Å². The largest absolute Gasteiger partial charge is 0.467 e. The summed E-state index contributed by atoms with van der Waals surface area (Å²) in [5, 5.41) is 16.2. The maximum atomic E-state index is 11.7. The molecular weight excluding hydrogens is 484 g/mol. The van der Waals surface area contributed by atoms with Gasteiger partial charge in [-0.3, -0.25) is 9.58 Å². The molecule has 1 aliphatic heterocycles. The first-order valence-electron chi connectivity index (χ1n) is 13.0. The van der Waals surface area contributed by atoms with Crippen LogP contribution in [0.1, 0.15) is 38.2 Å². The number of carbonyl (C=O) groups is 1. The van der Waals surface area contributed by atoms with Crippen molar-refractivity contribution in [3.05, 3.63) is 42.2 Å². The number of ether oxygens (including phenoxy) is 2. The third kappa shape index (κ3) is 4.38. The lowest BCUT2D eigenvalue weighted by Crippen LogP contribution is -2.58. The standard InChI is InChI=1S/C28H32N6O4/c1-16-12-33(13-17(2)34(16)28(35)36)20-8-22-21(18-5-6-18)9-25(30-27(22)29-11-20)23-7-19-14-32(3)31-24(19)10-26(23)38-15-37-4/h7-11,14,16-18H,5-6,12-13,15H2,1-4H3,(H,35,36)/t16-,17+. The molecule has 2 fully saturated rings. The molecule has 198 valence electrons. The molecule has 2 aliphatic rings. The Morgan fingerprint density at radius 3 is 2.58 bits per heavy atom. The number of anilines is 1. The summed E-state index contributed by atoms with van der Waals surface area (Å²) < 4.78 is 12.9. The highest BCUT2D eigenvalue weighted by Gasteiger charge is 2.33. The van der Waals surface area contributed by atoms with Gasteiger partial charge in [0, 0.05) is 55.8 Å². The van der Waals surface area contributed by atoms with Crippen molar-refractivity contribution in [2.75, 3.05) is 31.9 Å². The fourth-order valence-corrected chi connectivity index (χ4v) is 5.69. The van der Waals surface area contributed by atoms with Crippen molar-refractivity contribution in [1.82, 2.24) is 24.6 Å². The summed E-state index contributed by atoms with van der Waals surface area (Å²) in [6.45, 7) is 5.29. The summed E-state index contributed by atoms with van der Waals surface area (Å²) in [6.07, 6.45) is 5.26. The Morgan fingerprint density at radius 1 is 1.13 bits per heavy atom. The van der Waals surface area contributed by atoms with Gasteiger partial charge >= 0.3 is 6.09 Å². The minimum Gasteiger partial charge on any atom is -0.467 e. The molecule has 6 rings (SSSR count). The molecule has 10 nitrogen and oxygen atoms in total. The molecule has 10 heteroatoms. The highest BCUT2D eigenvalue weighted by Crippen LogP contribution is 2.45. The number of aryl methyl sites for hydroxylation is 1. The number of nitrogens with zero attached hydrogens (tertiary/aromatic N) is 6. The molecule has 3 aromatic heterocycles. The molecule has 0 unspecified atom stereocenters. The van der Waals surface area contributed by atoms with Gasteiger partial charge in [-0.1, -0.05) is 0 Å². The van der Waals surface area contributed by atoms with Gasteiger partial charge in [-0.25, -0.2) is 14.8 Å². The molecule has 1 saturated heterocycles. The second kappa shape index (κ2) is 9.43. The Balaban J connectivity index is 1.42. The number of amides is 1. The van der Waals surface area contributed by atoms with Gasteiger partial charge in [0.2, 0.25) is 0 Å². The third-order valence-corrected chi connectivity index (χ3v) is 7.53. The van der Waals surface area contributed by atoms with E-state index in [9.17, 15) is 9.90 Å². The number of fused-ring (bicyclic) bond motifs is 2. The molecule has 0 radical (unpaired) electrons. The van der Waals surface area contributed by atoms with Crippen LogP contribution in [0.25, 0.3) is 33.2 Å². The zero-order valence-electron chi connectivity index (χ0n) is 22.1. The second-order valence-corrected chi connectivity index (χ2v) is 10.5. The summed E-state index contributed by atoms with van der Waals surface area (Å²) in [6, 6.07) is 8.14. The fourth-order valence-electron chi connectivity index (χ4n) is 5.69. The summed E-state index contributed by atoms with van der Waals surface area (Å²) in [5.74, 6) is 1.14. The lowest BCUT2D eigenvalue weighted by Gasteiger charge is -2.43. The SMILES string of the molecule is COCOc1cc2nn(C)cc2cc1-c1cc(C2CC2)c2cc(N3C[C@@H](C)N(C(=O)O)[C@@H](C)C3)cnc2n1. The molecule has 1 amide bonds. The number of rotatable bonds is 6. The van der Waals surface area contributed by atoms with E-state index in [1.165, 1.54) is 10.5 Å². The zero-order chi connectivity index (χ0) is 26.6. The van der Waals surface area contributed by atoms with Crippen LogP contribution >= 0.6 is 0 Å². The number of aromatic nitrogens is 4. The number of methoxy groups -OCH3 is 1. The summed E-state index contributed by atoms with van der Waals surface area (Å²) in [7, 11) is 3.50. The number of benzene rings is 1. The van der Waals surface area contributed by atoms with Gasteiger partial charge in [0.1, 0.15) is 5.75 Å². The van der Waals surface area contributed by atoms with Gasteiger partial charge in [0.15, 0.2) is 12.4 Å². The molecule has 1 N–H and O–H groups in total. The number of hydrogen-bond acceptors (Lipinski definition) is 7. The number of pyridine rings is 2. The van der Waals surface area contributed by atoms with Gasteiger partial charge in [-0.2, -0.15) is 5.10 Å². The van der Waals surface area contributed by atoms with Crippen LogP contribution in [0.2, 0.25) is 0 Å². The van der Waals surface area contributed by atoms with Gasteiger partial charge < -0.3 is 19.5 Å². The smallest absolute Gasteiger partial charge is 0.407 e. The Kier molecular flexibility index (Phi) is 6.06. The van der Waals surface area contributed by atoms with Crippen LogP contribution in [-0.4, -0.2) is 74.9 Å². The summed E-state index contributed by atoms with van der Waals surface area (Å²) in [4.78, 5) is 25.3. The molecule has 1 aliphatic carbocycles. The molecule has 0 bridgehead atoms. The van der Waals surface area contributed by atoms with E-state index in [1.54, 1.807) is 11.8 Å². The van der Waals surface area contributed by atoms with Crippen LogP contribution < -0.4 is 9.64 Å². The van der Waals surface area contributed by atoms with Crippen molar-refractivity contribution in [3.63, 3.8) is 0 Å². The monoisotopic (exact) mass is 516 g/mol. The van der Waals surface area contributed by atoms with E-state index in [1.807, 2.05) is 39.4 Å². The first-order chi connectivity index (χ1) is 18.3. The predicted molar refractivity (Wildman–Crippen MR) is 145 cm³/mol. The number of piperazine rings is 1. The molecular formula is C28H32N6O4. The van der Waals surface area contributed by atoms with E-state index >= 15 is 0 Å². The Bertz CT molecular complexity index is 1520. The highest BCUT2D eigenvalue weighted by molar-refractivity contribution is 5.91. The average molecular weight is 517 g/mol. The molecule has 38 heavy (non-hydrogen) atoms. The first kappa shape index (κ1) is 24.4. The molecule has 2 atom stereocenters. The average Bonchev–Trinajstić information content (AvgIpc) is 3.66. The van der Waals surface area contributed by atoms with Crippen LogP contribution in [0, 0.1) is 0 Å². The fraction of sp³-hybridized carbons (Fsp3) is 0.429. The molecule has 4 aromatic rings. The minimum atomic E-state index is -0.868. The van der Waals surface area contributed by atoms with E-state index in [0.717, 1.165) is 46.1 Å². The molecule has 4 heterocycles. The predicted octanol–water partition coefficient (Wildman–Crippen LogP) is 4.62. The van der Waals surface area contributed by atoms with Crippen LogP contribution in [-0.2, 0) is 11.8 Å². The highest BCUT2D eigenvalue weighted by atomic mass is 16.7. The number of hydrogen-bond donors (Lipinski definition) is 1. The van der Waals surface area contributed by atoms with Gasteiger partial charge in [-0.05, 0) is 56.4 Å². The third-order valence-electron chi connectivity index (χ3n) is 7.53. The van der Waals surface area contributed by atoms with E-state index in [4.69, 9.17) is 19.4 Å². The Labute approximate surface area is 220 Å². The van der Waals surface area contributed by atoms with Crippen molar-refractivity contribution in [2.45, 2.75) is 44.7 Å². The number of carboxylic acid groups (broad SMARTS) is 1. The van der Waals surface area contributed by atoms with Crippen molar-refractivity contribution < 1.29 is 19.4 Å². The van der Waals surface area contributed by atoms with Crippen LogP contribution in [0.5, 0.6) is 5.75 Å². The van der Waals surface area contributed by atoms with Crippen molar-refractivity contribution >= 4 is 33.7 Å². The lowest BCUT2D eigenvalue weighted by molar-refractivity contribution is 0.0516. The maximum Gasteiger partial charge on any atom is 0.407 e. The van der Waals surface area contributed by atoms with Crippen molar-refractivity contribution in [1.29, 1.82) is 0 Å². The van der Waals surface area contributed by atoms with E-state index in [2.05, 4.69) is 28.2 Å². The molecule has 1 aromatic carbocycles. The first-order valence-corrected chi connectivity index (χ1v) is 13.0. The Morgan fingerprint density at radius 2 is 1.89 bits per heavy atom.